The van der Waals surface area contributed by atoms with Crippen molar-refractivity contribution in [1.82, 2.24) is 0 Å². The van der Waals surface area contributed by atoms with Gasteiger partial charge in [0.2, 0.25) is 5.60 Å². The topological polar surface area (TPSA) is 55.5 Å². The van der Waals surface area contributed by atoms with Gasteiger partial charge in [0.25, 0.3) is 0 Å². The van der Waals surface area contributed by atoms with Gasteiger partial charge in [-0.25, -0.2) is 0 Å². The summed E-state index contributed by atoms with van der Waals surface area (Å²) in [6.07, 6.45) is -4.65. The molecule has 1 aromatic carbocycles. The van der Waals surface area contributed by atoms with Crippen LogP contribution in [0.4, 0.5) is 13.2 Å². The molecule has 0 bridgehead atoms. The maximum absolute atomic E-state index is 12.9. The molecule has 0 radical (unpaired) electrons. The minimum absolute atomic E-state index is 0.218. The van der Waals surface area contributed by atoms with Crippen molar-refractivity contribution in [2.24, 2.45) is 5.73 Å². The molecular weight excluding hydrogens is 223 g/mol. The van der Waals surface area contributed by atoms with Crippen molar-refractivity contribution >= 4 is 0 Å². The molecule has 0 aliphatic carbocycles. The first-order valence-corrected chi connectivity index (χ1v) is 4.49. The van der Waals surface area contributed by atoms with E-state index in [1.807, 2.05) is 0 Å². The quantitative estimate of drug-likeness (QED) is 0.839. The van der Waals surface area contributed by atoms with Crippen molar-refractivity contribution in [3.8, 4) is 5.75 Å². The highest BCUT2D eigenvalue weighted by Gasteiger charge is 2.56. The van der Waals surface area contributed by atoms with Gasteiger partial charge in [0, 0.05) is 13.7 Å². The van der Waals surface area contributed by atoms with Gasteiger partial charge in [0.05, 0.1) is 0 Å². The number of halogens is 3. The van der Waals surface area contributed by atoms with Gasteiger partial charge in [0.15, 0.2) is 0 Å². The second-order valence-corrected chi connectivity index (χ2v) is 3.28. The summed E-state index contributed by atoms with van der Waals surface area (Å²) in [5.74, 6) is -0.267. The highest BCUT2D eigenvalue weighted by molar-refractivity contribution is 5.33. The van der Waals surface area contributed by atoms with Gasteiger partial charge in [0.1, 0.15) is 5.75 Å². The highest BCUT2D eigenvalue weighted by atomic mass is 19.4. The Morgan fingerprint density at radius 3 is 2.38 bits per heavy atom. The average Bonchev–Trinajstić information content (AvgIpc) is 2.18. The third-order valence-electron chi connectivity index (χ3n) is 2.41. The van der Waals surface area contributed by atoms with E-state index in [2.05, 4.69) is 4.74 Å². The van der Waals surface area contributed by atoms with Crippen LogP contribution in [-0.4, -0.2) is 24.9 Å². The molecule has 0 saturated carbocycles. The van der Waals surface area contributed by atoms with Crippen LogP contribution >= 0.6 is 0 Å². The molecule has 0 aromatic heterocycles. The van der Waals surface area contributed by atoms with E-state index in [1.165, 1.54) is 18.2 Å². The van der Waals surface area contributed by atoms with Crippen LogP contribution in [0, 0.1) is 0 Å². The number of rotatable bonds is 3. The van der Waals surface area contributed by atoms with Crippen LogP contribution in [0.1, 0.15) is 5.56 Å². The Morgan fingerprint density at radius 1 is 1.38 bits per heavy atom. The number of phenolic OH excluding ortho intramolecular Hbond substituents is 1. The van der Waals surface area contributed by atoms with Crippen LogP contribution in [0.15, 0.2) is 24.3 Å². The van der Waals surface area contributed by atoms with Gasteiger partial charge in [-0.05, 0) is 17.7 Å². The molecule has 0 aliphatic rings. The predicted molar refractivity (Wildman–Crippen MR) is 51.9 cm³/mol. The number of alkyl halides is 3. The Labute approximate surface area is 90.6 Å². The minimum Gasteiger partial charge on any atom is -0.508 e. The van der Waals surface area contributed by atoms with Gasteiger partial charge < -0.3 is 15.6 Å². The molecule has 0 spiro atoms. The van der Waals surface area contributed by atoms with Crippen LogP contribution in [0.3, 0.4) is 0 Å². The monoisotopic (exact) mass is 235 g/mol. The van der Waals surface area contributed by atoms with Crippen LogP contribution in [-0.2, 0) is 10.3 Å². The number of hydrogen-bond donors (Lipinski definition) is 2. The van der Waals surface area contributed by atoms with E-state index in [0.29, 0.717) is 0 Å². The van der Waals surface area contributed by atoms with Gasteiger partial charge in [-0.3, -0.25) is 0 Å². The van der Waals surface area contributed by atoms with E-state index < -0.39 is 18.3 Å². The lowest BCUT2D eigenvalue weighted by atomic mass is 9.92. The molecule has 1 atom stereocenters. The van der Waals surface area contributed by atoms with Crippen LogP contribution < -0.4 is 5.73 Å². The molecule has 0 amide bonds. The molecule has 1 aromatic rings. The summed E-state index contributed by atoms with van der Waals surface area (Å²) in [5, 5.41) is 9.17. The number of aromatic hydroxyl groups is 1. The first-order chi connectivity index (χ1) is 7.37. The smallest absolute Gasteiger partial charge is 0.422 e. The van der Waals surface area contributed by atoms with Crippen LogP contribution in [0.2, 0.25) is 0 Å². The molecule has 0 fully saturated rings. The van der Waals surface area contributed by atoms with Crippen molar-refractivity contribution < 1.29 is 23.0 Å². The molecule has 0 heterocycles. The molecule has 1 unspecified atom stereocenters. The fraction of sp³-hybridized carbons (Fsp3) is 0.400. The number of phenols is 1. The fourth-order valence-electron chi connectivity index (χ4n) is 1.47. The molecule has 6 heteroatoms. The van der Waals surface area contributed by atoms with Crippen LogP contribution in [0.5, 0.6) is 5.75 Å². The van der Waals surface area contributed by atoms with Gasteiger partial charge >= 0.3 is 6.18 Å². The number of methoxy groups -OCH3 is 1. The summed E-state index contributed by atoms with van der Waals surface area (Å²) in [4.78, 5) is 0. The maximum atomic E-state index is 12.9. The second-order valence-electron chi connectivity index (χ2n) is 3.28. The van der Waals surface area contributed by atoms with E-state index in [4.69, 9.17) is 10.8 Å². The number of hydrogen-bond acceptors (Lipinski definition) is 3. The number of ether oxygens (including phenoxy) is 1. The summed E-state index contributed by atoms with van der Waals surface area (Å²) >= 11 is 0. The average molecular weight is 235 g/mol. The Hall–Kier alpha value is -1.27. The van der Waals surface area contributed by atoms with Crippen molar-refractivity contribution in [3.63, 3.8) is 0 Å². The fourth-order valence-corrected chi connectivity index (χ4v) is 1.47. The SMILES string of the molecule is COC(CN)(c1cccc(O)c1)C(F)(F)F. The van der Waals surface area contributed by atoms with E-state index >= 15 is 0 Å². The number of nitrogens with two attached hydrogens (primary N) is 1. The Morgan fingerprint density at radius 2 is 2.00 bits per heavy atom. The zero-order valence-electron chi connectivity index (χ0n) is 8.58. The summed E-state index contributed by atoms with van der Waals surface area (Å²) < 4.78 is 43.3. The van der Waals surface area contributed by atoms with Crippen molar-refractivity contribution in [1.29, 1.82) is 0 Å². The zero-order valence-corrected chi connectivity index (χ0v) is 8.58. The summed E-state index contributed by atoms with van der Waals surface area (Å²) in [5.41, 5.74) is 2.36. The van der Waals surface area contributed by atoms with E-state index in [9.17, 15) is 13.2 Å². The first-order valence-electron chi connectivity index (χ1n) is 4.49. The Bertz CT molecular complexity index is 361. The third-order valence-corrected chi connectivity index (χ3v) is 2.41. The minimum atomic E-state index is -4.65. The van der Waals surface area contributed by atoms with Crippen molar-refractivity contribution in [2.75, 3.05) is 13.7 Å². The second kappa shape index (κ2) is 4.31. The van der Waals surface area contributed by atoms with Crippen molar-refractivity contribution in [3.05, 3.63) is 29.8 Å². The lowest BCUT2D eigenvalue weighted by Crippen LogP contribution is -2.49. The standard InChI is InChI=1S/C10H12F3NO2/c1-16-9(6-14,10(11,12)13)7-3-2-4-8(15)5-7/h2-5,15H,6,14H2,1H3. The number of benzene rings is 1. The maximum Gasteiger partial charge on any atom is 0.422 e. The van der Waals surface area contributed by atoms with Crippen molar-refractivity contribution in [2.45, 2.75) is 11.8 Å². The lowest BCUT2D eigenvalue weighted by Gasteiger charge is -2.33. The molecule has 3 nitrogen and oxygen atoms in total. The van der Waals surface area contributed by atoms with Crippen LogP contribution in [0.25, 0.3) is 0 Å². The van der Waals surface area contributed by atoms with E-state index in [1.54, 1.807) is 0 Å². The molecule has 0 aliphatic heterocycles. The van der Waals surface area contributed by atoms with E-state index in [-0.39, 0.29) is 11.3 Å². The molecule has 90 valence electrons. The largest absolute Gasteiger partial charge is 0.508 e. The zero-order chi connectivity index (χ0) is 12.4. The Balaban J connectivity index is 3.32. The third kappa shape index (κ3) is 1.98. The predicted octanol–water partition coefficient (Wildman–Crippen LogP) is 1.75. The van der Waals surface area contributed by atoms with Gasteiger partial charge in [-0.2, -0.15) is 13.2 Å². The molecular formula is C10H12F3NO2. The molecule has 3 N–H and O–H groups in total. The summed E-state index contributed by atoms with van der Waals surface area (Å²) in [6, 6.07) is 4.78. The Kier molecular flexibility index (Phi) is 3.44. The first kappa shape index (κ1) is 12.8. The van der Waals surface area contributed by atoms with Gasteiger partial charge in [-0.15, -0.1) is 0 Å². The van der Waals surface area contributed by atoms with E-state index in [0.717, 1.165) is 13.2 Å². The lowest BCUT2D eigenvalue weighted by molar-refractivity contribution is -0.272. The summed E-state index contributed by atoms with van der Waals surface area (Å²) in [7, 11) is 0.935. The molecule has 0 saturated heterocycles. The van der Waals surface area contributed by atoms with Gasteiger partial charge in [-0.1, -0.05) is 12.1 Å². The normalized spacial score (nSPS) is 15.8. The molecule has 16 heavy (non-hydrogen) atoms. The molecule has 1 rings (SSSR count). The highest BCUT2D eigenvalue weighted by Crippen LogP contribution is 2.41. The summed E-state index contributed by atoms with van der Waals surface area (Å²) in [6.45, 7) is -0.754.